The topological polar surface area (TPSA) is 95.9 Å². The van der Waals surface area contributed by atoms with Gasteiger partial charge in [0.15, 0.2) is 0 Å². The number of hydrogen-bond donors (Lipinski definition) is 3. The van der Waals surface area contributed by atoms with Crippen molar-refractivity contribution in [1.29, 1.82) is 0 Å². The molecule has 1 amide bonds. The van der Waals surface area contributed by atoms with Crippen LogP contribution in [0.15, 0.2) is 36.5 Å². The highest BCUT2D eigenvalue weighted by atomic mass is 16.5. The zero-order valence-corrected chi connectivity index (χ0v) is 54.8. The van der Waals surface area contributed by atoms with Crippen molar-refractivity contribution in [1.82, 2.24) is 5.32 Å². The summed E-state index contributed by atoms with van der Waals surface area (Å²) in [5.41, 5.74) is 0. The molecule has 0 aromatic heterocycles. The maximum atomic E-state index is 12.5. The van der Waals surface area contributed by atoms with Gasteiger partial charge in [-0.25, -0.2) is 0 Å². The number of carbonyl (C=O) groups excluding carboxylic acids is 2. The van der Waals surface area contributed by atoms with Gasteiger partial charge in [0.2, 0.25) is 5.91 Å². The zero-order chi connectivity index (χ0) is 58.5. The van der Waals surface area contributed by atoms with Crippen LogP contribution in [0.2, 0.25) is 0 Å². The van der Waals surface area contributed by atoms with Gasteiger partial charge in [-0.1, -0.05) is 346 Å². The first-order valence-corrected chi connectivity index (χ1v) is 36.7. The van der Waals surface area contributed by atoms with E-state index in [-0.39, 0.29) is 18.5 Å². The average molecular weight is 1140 g/mol. The lowest BCUT2D eigenvalue weighted by Gasteiger charge is -2.22. The van der Waals surface area contributed by atoms with E-state index in [1.807, 2.05) is 0 Å². The third kappa shape index (κ3) is 67.1. The molecular formula is C75H143NO5. The number of unbranched alkanes of at least 4 members (excludes halogenated alkanes) is 52. The Bertz CT molecular complexity index is 1310. The highest BCUT2D eigenvalue weighted by Gasteiger charge is 2.20. The number of aliphatic hydroxyl groups is 2. The molecule has 0 bridgehead atoms. The van der Waals surface area contributed by atoms with Crippen LogP contribution in [0.5, 0.6) is 0 Å². The molecule has 0 aliphatic rings. The first kappa shape index (κ1) is 79.1. The third-order valence-corrected chi connectivity index (χ3v) is 17.2. The molecule has 0 saturated heterocycles. The van der Waals surface area contributed by atoms with Crippen molar-refractivity contribution in [3.63, 3.8) is 0 Å². The van der Waals surface area contributed by atoms with Crippen LogP contribution < -0.4 is 5.32 Å². The van der Waals surface area contributed by atoms with Crippen molar-refractivity contribution in [2.24, 2.45) is 0 Å². The van der Waals surface area contributed by atoms with Gasteiger partial charge in [0.05, 0.1) is 25.4 Å². The van der Waals surface area contributed by atoms with Crippen molar-refractivity contribution in [3.05, 3.63) is 36.5 Å². The minimum Gasteiger partial charge on any atom is -0.466 e. The van der Waals surface area contributed by atoms with E-state index in [2.05, 4.69) is 55.6 Å². The Kier molecular flexibility index (Phi) is 68.9. The minimum absolute atomic E-state index is 0.00436. The molecule has 2 atom stereocenters. The van der Waals surface area contributed by atoms with Gasteiger partial charge in [-0.15, -0.1) is 0 Å². The highest BCUT2D eigenvalue weighted by molar-refractivity contribution is 5.76. The highest BCUT2D eigenvalue weighted by Crippen LogP contribution is 2.19. The number of ether oxygens (including phenoxy) is 1. The molecule has 81 heavy (non-hydrogen) atoms. The number of nitrogens with one attached hydrogen (secondary N) is 1. The summed E-state index contributed by atoms with van der Waals surface area (Å²) in [6.45, 7) is 4.97. The van der Waals surface area contributed by atoms with Gasteiger partial charge in [0.1, 0.15) is 0 Å². The molecule has 0 fully saturated rings. The van der Waals surface area contributed by atoms with Gasteiger partial charge in [-0.2, -0.15) is 0 Å². The Hall–Kier alpha value is -1.92. The van der Waals surface area contributed by atoms with Gasteiger partial charge in [0, 0.05) is 12.8 Å². The van der Waals surface area contributed by atoms with E-state index in [0.29, 0.717) is 25.9 Å². The molecule has 0 heterocycles. The van der Waals surface area contributed by atoms with Crippen LogP contribution in [0.3, 0.4) is 0 Å². The number of rotatable bonds is 69. The molecule has 0 aromatic carbocycles. The maximum Gasteiger partial charge on any atom is 0.305 e. The third-order valence-electron chi connectivity index (χ3n) is 17.2. The zero-order valence-electron chi connectivity index (χ0n) is 54.8. The van der Waals surface area contributed by atoms with Crippen molar-refractivity contribution >= 4 is 11.9 Å². The van der Waals surface area contributed by atoms with Crippen LogP contribution >= 0.6 is 0 Å². The number of amides is 1. The molecule has 0 rings (SSSR count). The summed E-state index contributed by atoms with van der Waals surface area (Å²) in [6, 6.07) is -0.542. The summed E-state index contributed by atoms with van der Waals surface area (Å²) >= 11 is 0. The van der Waals surface area contributed by atoms with Gasteiger partial charge < -0.3 is 20.3 Å². The van der Waals surface area contributed by atoms with E-state index in [9.17, 15) is 19.8 Å². The fourth-order valence-corrected chi connectivity index (χ4v) is 11.6. The molecule has 6 nitrogen and oxygen atoms in total. The second-order valence-electron chi connectivity index (χ2n) is 25.3. The van der Waals surface area contributed by atoms with Crippen molar-refractivity contribution in [2.45, 2.75) is 418 Å². The van der Waals surface area contributed by atoms with Gasteiger partial charge >= 0.3 is 5.97 Å². The second-order valence-corrected chi connectivity index (χ2v) is 25.3. The SMILES string of the molecule is CCCCCC/C=C\CCCCCCCC(=O)OCCCCCCCCCCC/C=C\C/C=C\CCCCCCCCCCCCCCCCCC(=O)NC(CO)C(O)CCCCCCCCCCCCCCCCCCCCCC. The van der Waals surface area contributed by atoms with Crippen molar-refractivity contribution < 1.29 is 24.5 Å². The van der Waals surface area contributed by atoms with E-state index < -0.39 is 12.1 Å². The predicted molar refractivity (Wildman–Crippen MR) is 356 cm³/mol. The summed E-state index contributed by atoms with van der Waals surface area (Å²) in [7, 11) is 0. The van der Waals surface area contributed by atoms with E-state index in [1.54, 1.807) is 0 Å². The summed E-state index contributed by atoms with van der Waals surface area (Å²) in [6.07, 6.45) is 90.6. The molecule has 0 saturated carbocycles. The molecule has 2 unspecified atom stereocenters. The van der Waals surface area contributed by atoms with Crippen LogP contribution in [-0.2, 0) is 14.3 Å². The quantitative estimate of drug-likeness (QED) is 0.0320. The molecule has 3 N–H and O–H groups in total. The summed E-state index contributed by atoms with van der Waals surface area (Å²) < 4.78 is 5.48. The van der Waals surface area contributed by atoms with Gasteiger partial charge in [-0.05, 0) is 83.5 Å². The standard InChI is InChI=1S/C75H143NO5/c1-3-5-7-9-11-13-15-17-18-19-20-34-37-40-44-47-51-55-59-63-67-73(78)72(71-77)76-74(79)68-64-60-56-52-48-45-41-38-35-32-30-28-26-24-22-21-23-25-27-29-31-33-36-39-42-46-50-54-58-62-66-70-81-75(80)69-65-61-57-53-49-43-16-14-12-10-8-6-4-2/h14,16,23,25,29,31,72-73,77-78H,3-13,15,17-22,24,26-28,30,32-71H2,1-2H3,(H,76,79)/b16-14-,25-23-,31-29-. The Labute approximate surface area is 506 Å². The van der Waals surface area contributed by atoms with Crippen LogP contribution in [0.25, 0.3) is 0 Å². The number of carbonyl (C=O) groups is 2. The van der Waals surface area contributed by atoms with E-state index in [4.69, 9.17) is 4.74 Å². The number of esters is 1. The molecule has 0 spiro atoms. The fraction of sp³-hybridized carbons (Fsp3) is 0.893. The van der Waals surface area contributed by atoms with E-state index in [0.717, 1.165) is 51.4 Å². The molecule has 478 valence electrons. The summed E-state index contributed by atoms with van der Waals surface area (Å²) in [5, 5.41) is 23.4. The Morgan fingerprint density at radius 3 is 0.963 bits per heavy atom. The Balaban J connectivity index is 3.40. The largest absolute Gasteiger partial charge is 0.466 e. The maximum absolute atomic E-state index is 12.5. The first-order chi connectivity index (χ1) is 40.0. The summed E-state index contributed by atoms with van der Waals surface area (Å²) in [5.74, 6) is -0.0259. The normalized spacial score (nSPS) is 12.7. The van der Waals surface area contributed by atoms with Crippen molar-refractivity contribution in [2.75, 3.05) is 13.2 Å². The van der Waals surface area contributed by atoms with Crippen LogP contribution in [0.1, 0.15) is 406 Å². The molecule has 0 radical (unpaired) electrons. The van der Waals surface area contributed by atoms with Crippen LogP contribution in [0, 0.1) is 0 Å². The fourth-order valence-electron chi connectivity index (χ4n) is 11.6. The molecule has 0 aromatic rings. The number of hydrogen-bond acceptors (Lipinski definition) is 5. The molecule has 0 aliphatic carbocycles. The van der Waals surface area contributed by atoms with Crippen molar-refractivity contribution in [3.8, 4) is 0 Å². The summed E-state index contributed by atoms with van der Waals surface area (Å²) in [4.78, 5) is 24.6. The monoisotopic (exact) mass is 1140 g/mol. The lowest BCUT2D eigenvalue weighted by molar-refractivity contribution is -0.143. The molecule has 6 heteroatoms. The molecular weight excluding hydrogens is 995 g/mol. The number of allylic oxidation sites excluding steroid dienone is 6. The van der Waals surface area contributed by atoms with E-state index in [1.165, 1.54) is 321 Å². The lowest BCUT2D eigenvalue weighted by atomic mass is 10.0. The molecule has 0 aliphatic heterocycles. The first-order valence-electron chi connectivity index (χ1n) is 36.7. The van der Waals surface area contributed by atoms with Gasteiger partial charge in [0.25, 0.3) is 0 Å². The lowest BCUT2D eigenvalue weighted by Crippen LogP contribution is -2.45. The minimum atomic E-state index is -0.665. The Morgan fingerprint density at radius 2 is 0.617 bits per heavy atom. The Morgan fingerprint density at radius 1 is 0.346 bits per heavy atom. The smallest absolute Gasteiger partial charge is 0.305 e. The van der Waals surface area contributed by atoms with Crippen LogP contribution in [0.4, 0.5) is 0 Å². The van der Waals surface area contributed by atoms with E-state index >= 15 is 0 Å². The van der Waals surface area contributed by atoms with Gasteiger partial charge in [-0.3, -0.25) is 9.59 Å². The predicted octanol–water partition coefficient (Wildman–Crippen LogP) is 23.9. The second kappa shape index (κ2) is 70.6. The van der Waals surface area contributed by atoms with Crippen LogP contribution in [-0.4, -0.2) is 47.4 Å². The number of aliphatic hydroxyl groups excluding tert-OH is 2. The average Bonchev–Trinajstić information content (AvgIpc) is 3.47.